The highest BCUT2D eigenvalue weighted by Gasteiger charge is 2.32. The van der Waals surface area contributed by atoms with Crippen molar-refractivity contribution in [1.82, 2.24) is 0 Å². The van der Waals surface area contributed by atoms with Gasteiger partial charge in [-0.15, -0.1) is 0 Å². The Morgan fingerprint density at radius 2 is 2.00 bits per heavy atom. The summed E-state index contributed by atoms with van der Waals surface area (Å²) in [6, 6.07) is 5.27. The first kappa shape index (κ1) is 16.1. The van der Waals surface area contributed by atoms with Crippen molar-refractivity contribution in [1.29, 1.82) is 0 Å². The number of benzene rings is 1. The third-order valence-electron chi connectivity index (χ3n) is 3.37. The Labute approximate surface area is 134 Å². The van der Waals surface area contributed by atoms with Crippen molar-refractivity contribution in [2.75, 3.05) is 0 Å². The molecular weight excluding hydrogens is 309 g/mol. The number of aliphatic hydroxyl groups excluding tert-OH is 1. The summed E-state index contributed by atoms with van der Waals surface area (Å²) in [7, 11) is 0. The van der Waals surface area contributed by atoms with E-state index in [1.165, 1.54) is 6.21 Å². The van der Waals surface area contributed by atoms with Gasteiger partial charge < -0.3 is 5.11 Å². The van der Waals surface area contributed by atoms with Crippen LogP contribution >= 0.6 is 23.2 Å². The van der Waals surface area contributed by atoms with Crippen LogP contribution in [0.3, 0.4) is 0 Å². The molecule has 0 aromatic heterocycles. The Morgan fingerprint density at radius 3 is 2.62 bits per heavy atom. The topological polar surface area (TPSA) is 49.7 Å². The van der Waals surface area contributed by atoms with Crippen molar-refractivity contribution >= 4 is 35.2 Å². The molecule has 0 fully saturated rings. The molecular formula is C16H17Cl2NO2. The van der Waals surface area contributed by atoms with E-state index in [2.05, 4.69) is 4.99 Å². The van der Waals surface area contributed by atoms with E-state index in [-0.39, 0.29) is 17.0 Å². The summed E-state index contributed by atoms with van der Waals surface area (Å²) in [5.41, 5.74) is 1.01. The normalized spacial score (nSPS) is 18.6. The molecule has 0 unspecified atom stereocenters. The van der Waals surface area contributed by atoms with Gasteiger partial charge in [-0.05, 0) is 23.1 Å². The lowest BCUT2D eigenvalue weighted by Crippen LogP contribution is -2.26. The zero-order chi connectivity index (χ0) is 15.6. The number of aliphatic imine (C=N–C) groups is 1. The summed E-state index contributed by atoms with van der Waals surface area (Å²) >= 11 is 11.8. The molecule has 0 spiro atoms. The number of carbonyl (C=O) groups is 1. The van der Waals surface area contributed by atoms with Gasteiger partial charge in [0.1, 0.15) is 5.76 Å². The Hall–Kier alpha value is -1.32. The number of hydrogen-bond donors (Lipinski definition) is 1. The molecule has 0 bridgehead atoms. The predicted octanol–water partition coefficient (Wildman–Crippen LogP) is 4.77. The summed E-state index contributed by atoms with van der Waals surface area (Å²) in [5, 5.41) is 11.0. The van der Waals surface area contributed by atoms with Gasteiger partial charge in [-0.3, -0.25) is 9.79 Å². The minimum Gasteiger partial charge on any atom is -0.511 e. The number of ketones is 1. The lowest BCUT2D eigenvalue weighted by Gasteiger charge is -2.28. The van der Waals surface area contributed by atoms with Crippen molar-refractivity contribution in [3.05, 3.63) is 45.1 Å². The molecule has 0 radical (unpaired) electrons. The third-order valence-corrected chi connectivity index (χ3v) is 4.11. The molecule has 2 rings (SSSR count). The predicted molar refractivity (Wildman–Crippen MR) is 86.3 cm³/mol. The van der Waals surface area contributed by atoms with Crippen LogP contribution in [0.1, 0.15) is 32.3 Å². The summed E-state index contributed by atoms with van der Waals surface area (Å²) in [6.45, 7) is 4.31. The van der Waals surface area contributed by atoms with Crippen LogP contribution in [-0.2, 0) is 11.3 Å². The van der Waals surface area contributed by atoms with Crippen molar-refractivity contribution < 1.29 is 9.90 Å². The van der Waals surface area contributed by atoms with Gasteiger partial charge in [0.2, 0.25) is 0 Å². The molecule has 5 heteroatoms. The molecule has 1 aliphatic carbocycles. The maximum Gasteiger partial charge on any atom is 0.168 e. The lowest BCUT2D eigenvalue weighted by molar-refractivity contribution is -0.117. The van der Waals surface area contributed by atoms with Crippen molar-refractivity contribution in [3.8, 4) is 0 Å². The van der Waals surface area contributed by atoms with Crippen LogP contribution < -0.4 is 0 Å². The van der Waals surface area contributed by atoms with E-state index < -0.39 is 0 Å². The Balaban J connectivity index is 2.10. The van der Waals surface area contributed by atoms with Crippen LogP contribution in [-0.4, -0.2) is 17.1 Å². The fourth-order valence-electron chi connectivity index (χ4n) is 2.33. The number of allylic oxidation sites excluding steroid dienone is 2. The average Bonchev–Trinajstić information content (AvgIpc) is 2.35. The standard InChI is InChI=1S/C16H17Cl2NO2/c1-16(2)6-14(20)11(15(21)7-16)9-19-8-10-3-4-12(17)13(18)5-10/h3-5,9,20H,6-8H2,1-2H3. The minimum absolute atomic E-state index is 0.0679. The molecule has 1 N–H and O–H groups in total. The molecule has 0 heterocycles. The molecule has 0 saturated carbocycles. The van der Waals surface area contributed by atoms with Gasteiger partial charge in [0.25, 0.3) is 0 Å². The lowest BCUT2D eigenvalue weighted by atomic mass is 9.77. The van der Waals surface area contributed by atoms with Gasteiger partial charge in [0, 0.05) is 19.1 Å². The number of aliphatic hydroxyl groups is 1. The van der Waals surface area contributed by atoms with Crippen molar-refractivity contribution in [2.24, 2.45) is 10.4 Å². The maximum absolute atomic E-state index is 12.0. The first-order chi connectivity index (χ1) is 9.78. The van der Waals surface area contributed by atoms with E-state index in [1.807, 2.05) is 19.9 Å². The smallest absolute Gasteiger partial charge is 0.168 e. The maximum atomic E-state index is 12.0. The van der Waals surface area contributed by atoms with E-state index in [0.717, 1.165) is 5.56 Å². The second-order valence-electron chi connectivity index (χ2n) is 6.02. The molecule has 0 saturated heterocycles. The van der Waals surface area contributed by atoms with E-state index in [4.69, 9.17) is 23.2 Å². The molecule has 0 amide bonds. The molecule has 21 heavy (non-hydrogen) atoms. The largest absolute Gasteiger partial charge is 0.511 e. The third kappa shape index (κ3) is 4.08. The summed E-state index contributed by atoms with van der Waals surface area (Å²) < 4.78 is 0. The number of halogens is 2. The van der Waals surface area contributed by atoms with E-state index in [9.17, 15) is 9.90 Å². The van der Waals surface area contributed by atoms with Crippen LogP contribution in [0, 0.1) is 5.41 Å². The second-order valence-corrected chi connectivity index (χ2v) is 6.83. The Kier molecular flexibility index (Phi) is 4.74. The van der Waals surface area contributed by atoms with Crippen LogP contribution in [0.25, 0.3) is 0 Å². The number of carbonyl (C=O) groups excluding carboxylic acids is 1. The molecule has 112 valence electrons. The van der Waals surface area contributed by atoms with Crippen LogP contribution in [0.5, 0.6) is 0 Å². The quantitative estimate of drug-likeness (QED) is 0.814. The molecule has 3 nitrogen and oxygen atoms in total. The monoisotopic (exact) mass is 325 g/mol. The van der Waals surface area contributed by atoms with E-state index in [0.29, 0.717) is 35.0 Å². The summed E-state index contributed by atoms with van der Waals surface area (Å²) in [4.78, 5) is 16.2. The highest BCUT2D eigenvalue weighted by atomic mass is 35.5. The van der Waals surface area contributed by atoms with E-state index >= 15 is 0 Å². The number of hydrogen-bond acceptors (Lipinski definition) is 3. The number of rotatable bonds is 3. The van der Waals surface area contributed by atoms with E-state index in [1.54, 1.807) is 12.1 Å². The van der Waals surface area contributed by atoms with Gasteiger partial charge in [-0.25, -0.2) is 0 Å². The average molecular weight is 326 g/mol. The van der Waals surface area contributed by atoms with Gasteiger partial charge in [-0.2, -0.15) is 0 Å². The van der Waals surface area contributed by atoms with Gasteiger partial charge in [-0.1, -0.05) is 43.1 Å². The van der Waals surface area contributed by atoms with Gasteiger partial charge in [0.15, 0.2) is 5.78 Å². The molecule has 0 atom stereocenters. The van der Waals surface area contributed by atoms with Gasteiger partial charge in [0.05, 0.1) is 22.2 Å². The zero-order valence-corrected chi connectivity index (χ0v) is 13.5. The molecule has 1 aromatic rings. The Morgan fingerprint density at radius 1 is 1.29 bits per heavy atom. The molecule has 1 aromatic carbocycles. The van der Waals surface area contributed by atoms with Crippen LogP contribution in [0.4, 0.5) is 0 Å². The minimum atomic E-state index is -0.192. The molecule has 1 aliphatic rings. The zero-order valence-electron chi connectivity index (χ0n) is 12.0. The fraction of sp³-hybridized carbons (Fsp3) is 0.375. The van der Waals surface area contributed by atoms with Crippen LogP contribution in [0.2, 0.25) is 10.0 Å². The first-order valence-corrected chi connectivity index (χ1v) is 7.43. The number of nitrogens with zero attached hydrogens (tertiary/aromatic N) is 1. The van der Waals surface area contributed by atoms with Crippen LogP contribution in [0.15, 0.2) is 34.5 Å². The first-order valence-electron chi connectivity index (χ1n) is 6.67. The van der Waals surface area contributed by atoms with Crippen molar-refractivity contribution in [2.45, 2.75) is 33.2 Å². The molecule has 0 aliphatic heterocycles. The SMILES string of the molecule is CC1(C)CC(=O)C(C=NCc2ccc(Cl)c(Cl)c2)=C(O)C1. The fourth-order valence-corrected chi connectivity index (χ4v) is 2.65. The van der Waals surface area contributed by atoms with Crippen molar-refractivity contribution in [3.63, 3.8) is 0 Å². The second kappa shape index (κ2) is 6.20. The highest BCUT2D eigenvalue weighted by molar-refractivity contribution is 6.42. The summed E-state index contributed by atoms with van der Waals surface area (Å²) in [6.07, 6.45) is 2.37. The Bertz CT molecular complexity index is 633. The van der Waals surface area contributed by atoms with Gasteiger partial charge >= 0.3 is 0 Å². The highest BCUT2D eigenvalue weighted by Crippen LogP contribution is 2.35. The summed E-state index contributed by atoms with van der Waals surface area (Å²) in [5.74, 6) is 0.0516. The number of Topliss-reactive ketones (excluding diaryl/α,β-unsaturated/α-hetero) is 1.